The Bertz CT molecular complexity index is 1120. The summed E-state index contributed by atoms with van der Waals surface area (Å²) in [6.45, 7) is 3.06. The number of hydrogen-bond donors (Lipinski definition) is 2. The van der Waals surface area contributed by atoms with Gasteiger partial charge in [-0.3, -0.25) is 10.1 Å². The van der Waals surface area contributed by atoms with Crippen LogP contribution in [0.4, 0.5) is 5.82 Å². The smallest absolute Gasteiger partial charge is 0.222 e. The van der Waals surface area contributed by atoms with E-state index in [9.17, 15) is 4.79 Å². The number of carbonyl (C=O) groups is 1. The average molecular weight is 446 g/mol. The number of ether oxygens (including phenoxy) is 2. The van der Waals surface area contributed by atoms with Crippen LogP contribution >= 0.6 is 0 Å². The number of hydrazone groups is 1. The number of guanidine groups is 1. The molecular formula is C25H27N5O3. The Balaban J connectivity index is 1.63. The van der Waals surface area contributed by atoms with Crippen LogP contribution in [0.3, 0.4) is 0 Å². The van der Waals surface area contributed by atoms with Crippen molar-refractivity contribution in [2.75, 3.05) is 25.3 Å². The van der Waals surface area contributed by atoms with Gasteiger partial charge in [0.1, 0.15) is 18.5 Å². The molecule has 0 bridgehead atoms. The van der Waals surface area contributed by atoms with Crippen molar-refractivity contribution < 1.29 is 14.3 Å². The minimum Gasteiger partial charge on any atom is -0.491 e. The highest BCUT2D eigenvalue weighted by Gasteiger charge is 2.28. The third-order valence-corrected chi connectivity index (χ3v) is 5.39. The van der Waals surface area contributed by atoms with Crippen molar-refractivity contribution in [1.29, 1.82) is 0 Å². The first-order chi connectivity index (χ1) is 16.2. The number of nitrogens with zero attached hydrogens (tertiary/aromatic N) is 3. The summed E-state index contributed by atoms with van der Waals surface area (Å²) >= 11 is 0. The third-order valence-electron chi connectivity index (χ3n) is 5.39. The molecule has 1 amide bonds. The van der Waals surface area contributed by atoms with Crippen LogP contribution in [-0.4, -0.2) is 43.8 Å². The van der Waals surface area contributed by atoms with E-state index in [-0.39, 0.29) is 6.17 Å². The molecule has 0 spiro atoms. The number of anilines is 1. The quantitative estimate of drug-likeness (QED) is 0.389. The molecule has 0 aliphatic carbocycles. The van der Waals surface area contributed by atoms with Crippen LogP contribution in [0.2, 0.25) is 0 Å². The van der Waals surface area contributed by atoms with Crippen molar-refractivity contribution in [3.63, 3.8) is 0 Å². The van der Waals surface area contributed by atoms with Gasteiger partial charge in [0.2, 0.25) is 12.4 Å². The maximum Gasteiger partial charge on any atom is 0.222 e. The van der Waals surface area contributed by atoms with Gasteiger partial charge >= 0.3 is 0 Å². The van der Waals surface area contributed by atoms with E-state index in [0.717, 1.165) is 28.0 Å². The Morgan fingerprint density at radius 2 is 1.97 bits per heavy atom. The number of pyridine rings is 1. The molecule has 1 aromatic heterocycles. The second-order valence-corrected chi connectivity index (χ2v) is 7.58. The Kier molecular flexibility index (Phi) is 7.16. The number of aromatic nitrogens is 1. The number of hydrogen-bond acceptors (Lipinski definition) is 7. The van der Waals surface area contributed by atoms with Crippen LogP contribution in [0.15, 0.2) is 72.0 Å². The van der Waals surface area contributed by atoms with Crippen LogP contribution < -0.4 is 20.4 Å². The second kappa shape index (κ2) is 10.6. The van der Waals surface area contributed by atoms with Crippen molar-refractivity contribution in [1.82, 2.24) is 15.6 Å². The molecule has 0 radical (unpaired) electrons. The normalized spacial score (nSPS) is 15.0. The van der Waals surface area contributed by atoms with Gasteiger partial charge < -0.3 is 14.8 Å². The van der Waals surface area contributed by atoms with Crippen LogP contribution in [0.5, 0.6) is 5.75 Å². The first-order valence-electron chi connectivity index (χ1n) is 10.8. The summed E-state index contributed by atoms with van der Waals surface area (Å²) in [5, 5.41) is 12.2. The lowest BCUT2D eigenvalue weighted by molar-refractivity contribution is -0.108. The van der Waals surface area contributed by atoms with Crippen molar-refractivity contribution in [2.45, 2.75) is 19.5 Å². The SMILES string of the molecule is COCCOc1cccc(-c2ccnc(N3N=C(NC=O)NC3Cc3ccccc3)c2)c1C. The van der Waals surface area contributed by atoms with Crippen molar-refractivity contribution >= 4 is 18.2 Å². The summed E-state index contributed by atoms with van der Waals surface area (Å²) in [6, 6.07) is 20.1. The molecule has 4 rings (SSSR count). The van der Waals surface area contributed by atoms with Gasteiger partial charge in [0.25, 0.3) is 0 Å². The van der Waals surface area contributed by atoms with E-state index in [2.05, 4.69) is 38.9 Å². The molecule has 2 aromatic carbocycles. The van der Waals surface area contributed by atoms with Gasteiger partial charge in [-0.2, -0.15) is 0 Å². The molecule has 33 heavy (non-hydrogen) atoms. The monoisotopic (exact) mass is 445 g/mol. The fourth-order valence-electron chi connectivity index (χ4n) is 3.77. The molecule has 3 aromatic rings. The molecule has 8 nitrogen and oxygen atoms in total. The molecule has 1 unspecified atom stereocenters. The zero-order valence-corrected chi connectivity index (χ0v) is 18.7. The maximum atomic E-state index is 11.0. The molecule has 2 N–H and O–H groups in total. The first kappa shape index (κ1) is 22.3. The standard InChI is InChI=1S/C25H27N5O3/c1-18-21(9-6-10-22(18)33-14-13-32-2)20-11-12-26-23(16-20)30-24(28-25(29-30)27-17-31)15-19-7-4-3-5-8-19/h3-12,16-17,24H,13-15H2,1-2H3,(H2,27,28,29,31). The number of rotatable bonds is 9. The topological polar surface area (TPSA) is 88.1 Å². The Morgan fingerprint density at radius 3 is 2.76 bits per heavy atom. The highest BCUT2D eigenvalue weighted by atomic mass is 16.5. The minimum absolute atomic E-state index is 0.192. The molecule has 1 atom stereocenters. The number of benzene rings is 2. The lowest BCUT2D eigenvalue weighted by atomic mass is 10.0. The summed E-state index contributed by atoms with van der Waals surface area (Å²) in [6.07, 6.45) is 2.87. The predicted molar refractivity (Wildman–Crippen MR) is 128 cm³/mol. The molecule has 170 valence electrons. The lowest BCUT2D eigenvalue weighted by Crippen LogP contribution is -2.43. The largest absolute Gasteiger partial charge is 0.491 e. The fraction of sp³-hybridized carbons (Fsp3) is 0.240. The summed E-state index contributed by atoms with van der Waals surface area (Å²) in [5.74, 6) is 1.89. The predicted octanol–water partition coefficient (Wildman–Crippen LogP) is 3.08. The van der Waals surface area contributed by atoms with E-state index in [1.165, 1.54) is 0 Å². The zero-order chi connectivity index (χ0) is 23.0. The highest BCUT2D eigenvalue weighted by molar-refractivity contribution is 5.91. The molecule has 0 fully saturated rings. The molecular weight excluding hydrogens is 418 g/mol. The Morgan fingerprint density at radius 1 is 1.12 bits per heavy atom. The summed E-state index contributed by atoms with van der Waals surface area (Å²) in [5.41, 5.74) is 4.24. The maximum absolute atomic E-state index is 11.0. The Hall–Kier alpha value is -3.91. The van der Waals surface area contributed by atoms with E-state index in [0.29, 0.717) is 37.8 Å². The lowest BCUT2D eigenvalue weighted by Gasteiger charge is -2.23. The summed E-state index contributed by atoms with van der Waals surface area (Å²) in [4.78, 5) is 15.5. The number of methoxy groups -OCH3 is 1. The van der Waals surface area contributed by atoms with Crippen molar-refractivity contribution in [2.24, 2.45) is 5.10 Å². The van der Waals surface area contributed by atoms with Gasteiger partial charge in [-0.1, -0.05) is 42.5 Å². The van der Waals surface area contributed by atoms with E-state index >= 15 is 0 Å². The van der Waals surface area contributed by atoms with Crippen LogP contribution in [0, 0.1) is 6.92 Å². The number of amides is 1. The Labute approximate surface area is 193 Å². The average Bonchev–Trinajstić information content (AvgIpc) is 3.23. The number of nitrogens with one attached hydrogen (secondary N) is 2. The minimum atomic E-state index is -0.192. The highest BCUT2D eigenvalue weighted by Crippen LogP contribution is 2.32. The van der Waals surface area contributed by atoms with Gasteiger partial charge in [-0.05, 0) is 47.4 Å². The van der Waals surface area contributed by atoms with E-state index in [1.807, 2.05) is 49.4 Å². The van der Waals surface area contributed by atoms with Crippen LogP contribution in [-0.2, 0) is 16.0 Å². The van der Waals surface area contributed by atoms with E-state index < -0.39 is 0 Å². The van der Waals surface area contributed by atoms with Crippen LogP contribution in [0.1, 0.15) is 11.1 Å². The number of carbonyl (C=O) groups excluding carboxylic acids is 1. The van der Waals surface area contributed by atoms with Crippen molar-refractivity contribution in [3.8, 4) is 16.9 Å². The molecule has 0 saturated heterocycles. The van der Waals surface area contributed by atoms with E-state index in [1.54, 1.807) is 18.3 Å². The van der Waals surface area contributed by atoms with Crippen LogP contribution in [0.25, 0.3) is 11.1 Å². The zero-order valence-electron chi connectivity index (χ0n) is 18.7. The van der Waals surface area contributed by atoms with Gasteiger partial charge in [-0.15, -0.1) is 5.10 Å². The van der Waals surface area contributed by atoms with Gasteiger partial charge in [-0.25, -0.2) is 9.99 Å². The molecule has 0 saturated carbocycles. The van der Waals surface area contributed by atoms with Gasteiger partial charge in [0.05, 0.1) is 6.61 Å². The fourth-order valence-corrected chi connectivity index (χ4v) is 3.77. The van der Waals surface area contributed by atoms with Gasteiger partial charge in [0.15, 0.2) is 5.82 Å². The first-order valence-corrected chi connectivity index (χ1v) is 10.8. The second-order valence-electron chi connectivity index (χ2n) is 7.58. The molecule has 2 heterocycles. The van der Waals surface area contributed by atoms with Crippen molar-refractivity contribution in [3.05, 3.63) is 78.0 Å². The van der Waals surface area contributed by atoms with E-state index in [4.69, 9.17) is 9.47 Å². The summed E-state index contributed by atoms with van der Waals surface area (Å²) < 4.78 is 11.0. The molecule has 1 aliphatic rings. The van der Waals surface area contributed by atoms with Gasteiger partial charge in [0, 0.05) is 19.7 Å². The summed E-state index contributed by atoms with van der Waals surface area (Å²) in [7, 11) is 1.65. The molecule has 8 heteroatoms. The molecule has 1 aliphatic heterocycles. The third kappa shape index (κ3) is 5.30.